The zero-order valence-electron chi connectivity index (χ0n) is 15.8. The predicted octanol–water partition coefficient (Wildman–Crippen LogP) is 6.39. The van der Waals surface area contributed by atoms with Crippen molar-refractivity contribution in [1.82, 2.24) is 9.97 Å². The van der Waals surface area contributed by atoms with Crippen LogP contribution in [0.4, 0.5) is 0 Å². The maximum absolute atomic E-state index is 12.1. The van der Waals surface area contributed by atoms with Gasteiger partial charge in [0.2, 0.25) is 0 Å². The Morgan fingerprint density at radius 1 is 0.931 bits per heavy atom. The van der Waals surface area contributed by atoms with E-state index >= 15 is 0 Å². The van der Waals surface area contributed by atoms with E-state index < -0.39 is 0 Å². The summed E-state index contributed by atoms with van der Waals surface area (Å²) >= 11 is 6.87. The van der Waals surface area contributed by atoms with Gasteiger partial charge in [-0.3, -0.25) is 9.59 Å². The number of Topliss-reactive ketones (excluding diaryl/α,β-unsaturated/α-hetero) is 1. The number of H-pyrrole nitrogens is 2. The lowest BCUT2D eigenvalue weighted by Gasteiger charge is -2.01. The van der Waals surface area contributed by atoms with E-state index in [1.807, 2.05) is 36.5 Å². The smallest absolute Gasteiger partial charge is 0.306 e. The number of aromatic nitrogens is 2. The maximum Gasteiger partial charge on any atom is 0.306 e. The Kier molecular flexibility index (Phi) is 7.28. The second-order valence-electron chi connectivity index (χ2n) is 6.27. The first-order valence-corrected chi connectivity index (χ1v) is 10.8. The number of carbonyl (C=O) groups is 2. The molecule has 0 saturated carbocycles. The normalized spacial score (nSPS) is 10.6. The lowest BCUT2D eigenvalue weighted by atomic mass is 10.1. The summed E-state index contributed by atoms with van der Waals surface area (Å²) in [5, 5.41) is 2.11. The van der Waals surface area contributed by atoms with Gasteiger partial charge in [-0.2, -0.15) is 0 Å². The van der Waals surface area contributed by atoms with E-state index in [0.717, 1.165) is 19.8 Å². The van der Waals surface area contributed by atoms with Gasteiger partial charge in [0.05, 0.1) is 24.1 Å². The number of ketones is 1. The minimum atomic E-state index is -0.336. The zero-order valence-corrected chi connectivity index (χ0v) is 19.0. The van der Waals surface area contributed by atoms with Crippen molar-refractivity contribution >= 4 is 65.4 Å². The third-order valence-corrected chi connectivity index (χ3v) is 5.68. The Hall–Kier alpha value is -2.38. The van der Waals surface area contributed by atoms with Crippen LogP contribution in [0, 0.1) is 0 Å². The fourth-order valence-corrected chi connectivity index (χ4v) is 3.95. The van der Waals surface area contributed by atoms with Gasteiger partial charge in [0, 0.05) is 44.1 Å². The van der Waals surface area contributed by atoms with Crippen LogP contribution >= 0.6 is 31.9 Å². The topological polar surface area (TPSA) is 75.0 Å². The van der Waals surface area contributed by atoms with Crippen molar-refractivity contribution in [1.29, 1.82) is 0 Å². The molecule has 0 radical (unpaired) electrons. The van der Waals surface area contributed by atoms with Gasteiger partial charge < -0.3 is 14.7 Å². The van der Waals surface area contributed by atoms with Crippen LogP contribution in [0.5, 0.6) is 0 Å². The lowest BCUT2D eigenvalue weighted by molar-refractivity contribution is -0.143. The lowest BCUT2D eigenvalue weighted by Crippen LogP contribution is -2.07. The van der Waals surface area contributed by atoms with Crippen molar-refractivity contribution in [3.8, 4) is 0 Å². The van der Waals surface area contributed by atoms with Crippen molar-refractivity contribution < 1.29 is 14.3 Å². The van der Waals surface area contributed by atoms with Crippen molar-refractivity contribution in [3.05, 3.63) is 69.4 Å². The summed E-state index contributed by atoms with van der Waals surface area (Å²) in [5.41, 5.74) is 2.67. The largest absolute Gasteiger partial charge is 0.466 e. The van der Waals surface area contributed by atoms with Gasteiger partial charge >= 0.3 is 5.97 Å². The van der Waals surface area contributed by atoms with Crippen molar-refractivity contribution in [2.24, 2.45) is 0 Å². The molecule has 2 aromatic carbocycles. The van der Waals surface area contributed by atoms with Gasteiger partial charge in [0.25, 0.3) is 0 Å². The van der Waals surface area contributed by atoms with Crippen molar-refractivity contribution in [3.63, 3.8) is 0 Å². The Morgan fingerprint density at radius 2 is 1.66 bits per heavy atom. The first-order chi connectivity index (χ1) is 14.0. The highest BCUT2D eigenvalue weighted by Crippen LogP contribution is 2.26. The average molecular weight is 520 g/mol. The van der Waals surface area contributed by atoms with Gasteiger partial charge in [-0.15, -0.1) is 0 Å². The van der Waals surface area contributed by atoms with Crippen LogP contribution in [0.2, 0.25) is 0 Å². The number of para-hydroxylation sites is 2. The van der Waals surface area contributed by atoms with E-state index in [2.05, 4.69) is 54.0 Å². The zero-order chi connectivity index (χ0) is 20.8. The number of hydrogen-bond donors (Lipinski definition) is 2. The minimum Gasteiger partial charge on any atom is -0.466 e. The molecule has 7 heteroatoms. The molecular formula is C22H20Br2N2O3. The minimum absolute atomic E-state index is 0.0580. The first-order valence-electron chi connectivity index (χ1n) is 9.17. The number of rotatable bonds is 5. The summed E-state index contributed by atoms with van der Waals surface area (Å²) < 4.78 is 6.84. The van der Waals surface area contributed by atoms with Crippen LogP contribution in [0.3, 0.4) is 0 Å². The summed E-state index contributed by atoms with van der Waals surface area (Å²) in [6.07, 6.45) is 3.91. The molecule has 2 aromatic heterocycles. The molecule has 0 atom stereocenters. The quantitative estimate of drug-likeness (QED) is 0.237. The Bertz CT molecular complexity index is 1150. The Morgan fingerprint density at radius 3 is 2.38 bits per heavy atom. The second-order valence-corrected chi connectivity index (χ2v) is 7.98. The highest BCUT2D eigenvalue weighted by atomic mass is 79.9. The van der Waals surface area contributed by atoms with E-state index in [0.29, 0.717) is 12.2 Å². The molecule has 150 valence electrons. The fraction of sp³-hybridized carbons (Fsp3) is 0.182. The van der Waals surface area contributed by atoms with Gasteiger partial charge in [0.1, 0.15) is 0 Å². The molecule has 4 rings (SSSR count). The number of carbonyl (C=O) groups excluding carboxylic acids is 2. The van der Waals surface area contributed by atoms with Gasteiger partial charge in [-0.25, -0.2) is 0 Å². The molecule has 2 N–H and O–H groups in total. The Balaban J connectivity index is 0.000000200. The SMILES string of the molecule is Brc1cccc2cc[nH]c12.CCOC(=O)CCC(=O)c1c[nH]c2c(Br)cccc12. The first kappa shape index (κ1) is 21.3. The molecule has 2 heterocycles. The molecule has 4 aromatic rings. The van der Waals surface area contributed by atoms with Crippen LogP contribution in [0.1, 0.15) is 30.1 Å². The molecule has 0 aliphatic carbocycles. The summed E-state index contributed by atoms with van der Waals surface area (Å²) in [7, 11) is 0. The van der Waals surface area contributed by atoms with Gasteiger partial charge in [0.15, 0.2) is 5.78 Å². The van der Waals surface area contributed by atoms with E-state index in [4.69, 9.17) is 4.74 Å². The second kappa shape index (κ2) is 9.89. The van der Waals surface area contributed by atoms with E-state index in [1.165, 1.54) is 10.9 Å². The van der Waals surface area contributed by atoms with Crippen molar-refractivity contribution in [2.45, 2.75) is 19.8 Å². The van der Waals surface area contributed by atoms with Crippen LogP contribution in [0.15, 0.2) is 63.8 Å². The molecule has 29 heavy (non-hydrogen) atoms. The number of hydrogen-bond acceptors (Lipinski definition) is 3. The fourth-order valence-electron chi connectivity index (χ4n) is 2.98. The van der Waals surface area contributed by atoms with Gasteiger partial charge in [-0.1, -0.05) is 24.3 Å². The summed E-state index contributed by atoms with van der Waals surface area (Å²) in [4.78, 5) is 29.5. The monoisotopic (exact) mass is 518 g/mol. The summed E-state index contributed by atoms with van der Waals surface area (Å²) in [6.45, 7) is 2.09. The highest BCUT2D eigenvalue weighted by Gasteiger charge is 2.15. The number of esters is 1. The standard InChI is InChI=1S/C14H14BrNO3.C8H6BrN/c1-2-19-13(18)7-6-12(17)10-8-16-14-9(10)4-3-5-11(14)15;9-7-3-1-2-6-4-5-10-8(6)7/h3-5,8,16H,2,6-7H2,1H3;1-5,10H. The molecule has 0 spiro atoms. The summed E-state index contributed by atoms with van der Waals surface area (Å²) in [6, 6.07) is 13.9. The van der Waals surface area contributed by atoms with E-state index in [9.17, 15) is 9.59 Å². The third kappa shape index (κ3) is 5.16. The number of nitrogens with one attached hydrogen (secondary N) is 2. The predicted molar refractivity (Wildman–Crippen MR) is 122 cm³/mol. The molecule has 0 fully saturated rings. The molecule has 0 unspecified atom stereocenters. The van der Waals surface area contributed by atoms with Crippen molar-refractivity contribution in [2.75, 3.05) is 6.61 Å². The summed E-state index contributed by atoms with van der Waals surface area (Å²) in [5.74, 6) is -0.394. The molecule has 5 nitrogen and oxygen atoms in total. The van der Waals surface area contributed by atoms with Crippen LogP contribution in [-0.2, 0) is 9.53 Å². The number of benzene rings is 2. The van der Waals surface area contributed by atoms with Crippen LogP contribution in [0.25, 0.3) is 21.8 Å². The number of fused-ring (bicyclic) bond motifs is 2. The van der Waals surface area contributed by atoms with E-state index in [-0.39, 0.29) is 24.6 Å². The number of halogens is 2. The molecule has 0 amide bonds. The number of ether oxygens (including phenoxy) is 1. The molecule has 0 aliphatic heterocycles. The Labute approximate surface area is 185 Å². The highest BCUT2D eigenvalue weighted by molar-refractivity contribution is 9.11. The third-order valence-electron chi connectivity index (χ3n) is 4.36. The maximum atomic E-state index is 12.1. The average Bonchev–Trinajstić information content (AvgIpc) is 3.35. The number of aromatic amines is 2. The molecule has 0 saturated heterocycles. The molecule has 0 aliphatic rings. The van der Waals surface area contributed by atoms with E-state index in [1.54, 1.807) is 13.1 Å². The van der Waals surface area contributed by atoms with Gasteiger partial charge in [-0.05, 0) is 57.0 Å². The van der Waals surface area contributed by atoms with Crippen LogP contribution in [-0.4, -0.2) is 28.3 Å². The van der Waals surface area contributed by atoms with Crippen LogP contribution < -0.4 is 0 Å². The molecular weight excluding hydrogens is 500 g/mol. The molecule has 0 bridgehead atoms.